The maximum atomic E-state index is 15.7. The molecule has 4 nitrogen and oxygen atoms in total. The average molecular weight is 378 g/mol. The Morgan fingerprint density at radius 3 is 2.36 bits per heavy atom. The van der Waals surface area contributed by atoms with Crippen molar-refractivity contribution in [3.63, 3.8) is 0 Å². The number of hydrogen-bond donors (Lipinski definition) is 3. The van der Waals surface area contributed by atoms with E-state index < -0.39 is 0 Å². The van der Waals surface area contributed by atoms with Gasteiger partial charge in [-0.1, -0.05) is 54.9 Å². The minimum Gasteiger partial charge on any atom is -0.508 e. The number of nitrogens with zero attached hydrogens (tertiary/aromatic N) is 1. The van der Waals surface area contributed by atoms with E-state index >= 15 is 4.39 Å². The molecule has 0 amide bonds. The van der Waals surface area contributed by atoms with Gasteiger partial charge in [0.05, 0.1) is 0 Å². The molecule has 144 valence electrons. The van der Waals surface area contributed by atoms with E-state index in [1.807, 2.05) is 38.1 Å². The van der Waals surface area contributed by atoms with Gasteiger partial charge < -0.3 is 16.0 Å². The number of benzene rings is 3. The molecule has 0 atom stereocenters. The maximum absolute atomic E-state index is 15.7. The van der Waals surface area contributed by atoms with E-state index in [0.29, 0.717) is 34.2 Å². The van der Waals surface area contributed by atoms with Crippen LogP contribution >= 0.6 is 0 Å². The van der Waals surface area contributed by atoms with Crippen molar-refractivity contribution in [2.45, 2.75) is 26.7 Å². The molecule has 0 spiro atoms. The number of aromatic hydroxyl groups is 1. The predicted octanol–water partition coefficient (Wildman–Crippen LogP) is 5.22. The fourth-order valence-electron chi connectivity index (χ4n) is 3.45. The summed E-state index contributed by atoms with van der Waals surface area (Å²) in [6, 6.07) is 15.6. The molecule has 0 aliphatic carbocycles. The molecule has 3 aromatic carbocycles. The third-order valence-corrected chi connectivity index (χ3v) is 4.81. The second-order valence-electron chi connectivity index (χ2n) is 6.74. The molecule has 0 saturated carbocycles. The van der Waals surface area contributed by atoms with Gasteiger partial charge >= 0.3 is 0 Å². The number of hydrogen-bond acceptors (Lipinski definition) is 3. The Labute approximate surface area is 163 Å². The number of rotatable bonds is 5. The summed E-state index contributed by atoms with van der Waals surface area (Å²) in [7, 11) is 0. The Kier molecular flexibility index (Phi) is 5.64. The molecule has 28 heavy (non-hydrogen) atoms. The quantitative estimate of drug-likeness (QED) is 0.246. The highest BCUT2D eigenvalue weighted by Gasteiger charge is 2.23. The smallest absolute Gasteiger partial charge is 0.170 e. The maximum Gasteiger partial charge on any atom is 0.170 e. The third kappa shape index (κ3) is 3.56. The lowest BCUT2D eigenvalue weighted by molar-refractivity contribution is 0.318. The summed E-state index contributed by atoms with van der Waals surface area (Å²) in [5.74, 6) is -0.307. The first-order chi connectivity index (χ1) is 13.5. The minimum absolute atomic E-state index is 0.0735. The lowest BCUT2D eigenvalue weighted by atomic mass is 9.85. The van der Waals surface area contributed by atoms with E-state index in [1.54, 1.807) is 18.2 Å². The summed E-state index contributed by atoms with van der Waals surface area (Å²) < 4.78 is 15.7. The van der Waals surface area contributed by atoms with E-state index in [1.165, 1.54) is 12.1 Å². The van der Waals surface area contributed by atoms with Crippen LogP contribution in [0.4, 0.5) is 4.39 Å². The van der Waals surface area contributed by atoms with Crippen LogP contribution in [0.1, 0.15) is 30.0 Å². The molecule has 0 radical (unpaired) electrons. The molecule has 4 N–H and O–H groups in total. The molecule has 3 aromatic rings. The van der Waals surface area contributed by atoms with Gasteiger partial charge in [0.15, 0.2) is 5.84 Å². The van der Waals surface area contributed by atoms with Crippen LogP contribution in [-0.2, 0) is 6.42 Å². The summed E-state index contributed by atoms with van der Waals surface area (Å²) in [6.07, 6.45) is 1.28. The van der Waals surface area contributed by atoms with Crippen LogP contribution in [0, 0.1) is 12.7 Å². The Balaban J connectivity index is 2.47. The van der Waals surface area contributed by atoms with Crippen molar-refractivity contribution in [3.8, 4) is 28.0 Å². The van der Waals surface area contributed by atoms with Gasteiger partial charge in [0.1, 0.15) is 11.6 Å². The van der Waals surface area contributed by atoms with E-state index in [4.69, 9.17) is 5.73 Å². The molecule has 0 fully saturated rings. The lowest BCUT2D eigenvalue weighted by Crippen LogP contribution is -2.17. The van der Waals surface area contributed by atoms with Gasteiger partial charge in [-0.3, -0.25) is 0 Å². The Bertz CT molecular complexity index is 1030. The number of aryl methyl sites for hydroxylation is 2. The van der Waals surface area contributed by atoms with Crippen LogP contribution in [0.5, 0.6) is 5.75 Å². The number of nitrogens with two attached hydrogens (primary N) is 1. The van der Waals surface area contributed by atoms with Crippen LogP contribution in [0.15, 0.2) is 59.8 Å². The summed E-state index contributed by atoms with van der Waals surface area (Å²) in [6.45, 7) is 3.90. The third-order valence-electron chi connectivity index (χ3n) is 4.81. The zero-order chi connectivity index (χ0) is 20.3. The van der Waals surface area contributed by atoms with E-state index in [2.05, 4.69) is 5.16 Å². The van der Waals surface area contributed by atoms with Crippen molar-refractivity contribution >= 4 is 5.84 Å². The predicted molar refractivity (Wildman–Crippen MR) is 110 cm³/mol. The molecule has 5 heteroatoms. The summed E-state index contributed by atoms with van der Waals surface area (Å²) in [5, 5.41) is 22.2. The molecule has 3 rings (SSSR count). The van der Waals surface area contributed by atoms with Gasteiger partial charge in [0.25, 0.3) is 0 Å². The van der Waals surface area contributed by atoms with Crippen LogP contribution in [-0.4, -0.2) is 16.1 Å². The van der Waals surface area contributed by atoms with Crippen molar-refractivity contribution in [2.24, 2.45) is 10.9 Å². The highest BCUT2D eigenvalue weighted by Crippen LogP contribution is 2.40. The van der Waals surface area contributed by atoms with E-state index in [9.17, 15) is 10.3 Å². The molecule has 0 aromatic heterocycles. The van der Waals surface area contributed by atoms with Gasteiger partial charge in [-0.05, 0) is 53.8 Å². The normalized spacial score (nSPS) is 11.6. The SMILES string of the molecule is CCCc1cc(C(N)=NO)c(-c2ccccc2C)c(-c2ccc(O)cc2)c1F. The minimum atomic E-state index is -0.333. The first-order valence-electron chi connectivity index (χ1n) is 9.16. The van der Waals surface area contributed by atoms with Crippen LogP contribution in [0.25, 0.3) is 22.3 Å². The Hall–Kier alpha value is -3.34. The number of phenolic OH excluding ortho intramolecular Hbond substituents is 1. The van der Waals surface area contributed by atoms with Crippen LogP contribution in [0.3, 0.4) is 0 Å². The topological polar surface area (TPSA) is 78.8 Å². The number of amidine groups is 1. The van der Waals surface area contributed by atoms with E-state index in [0.717, 1.165) is 17.5 Å². The van der Waals surface area contributed by atoms with Crippen LogP contribution < -0.4 is 5.73 Å². The highest BCUT2D eigenvalue weighted by atomic mass is 19.1. The van der Waals surface area contributed by atoms with Crippen LogP contribution in [0.2, 0.25) is 0 Å². The largest absolute Gasteiger partial charge is 0.508 e. The van der Waals surface area contributed by atoms with Crippen molar-refractivity contribution in [1.29, 1.82) is 0 Å². The van der Waals surface area contributed by atoms with Crippen molar-refractivity contribution in [3.05, 3.63) is 77.1 Å². The summed E-state index contributed by atoms with van der Waals surface area (Å²) in [4.78, 5) is 0. The zero-order valence-electron chi connectivity index (χ0n) is 15.9. The van der Waals surface area contributed by atoms with Gasteiger partial charge in [0, 0.05) is 16.7 Å². The highest BCUT2D eigenvalue weighted by molar-refractivity contribution is 6.07. The van der Waals surface area contributed by atoms with Gasteiger partial charge in [-0.25, -0.2) is 4.39 Å². The molecular weight excluding hydrogens is 355 g/mol. The molecular formula is C23H23FN2O2. The zero-order valence-corrected chi connectivity index (χ0v) is 15.9. The molecule has 0 saturated heterocycles. The second-order valence-corrected chi connectivity index (χ2v) is 6.74. The van der Waals surface area contributed by atoms with Gasteiger partial charge in [0.2, 0.25) is 0 Å². The standard InChI is InChI=1S/C23H23FN2O2/c1-3-6-16-13-19(23(25)26-28)21(18-8-5-4-7-14(18)2)20(22(16)24)15-9-11-17(27)12-10-15/h4-5,7-13,27-28H,3,6H2,1-2H3,(H2,25,26). The van der Waals surface area contributed by atoms with Gasteiger partial charge in [-0.15, -0.1) is 0 Å². The molecule has 0 heterocycles. The monoisotopic (exact) mass is 378 g/mol. The lowest BCUT2D eigenvalue weighted by Gasteiger charge is -2.20. The molecule has 0 bridgehead atoms. The average Bonchev–Trinajstić information content (AvgIpc) is 2.70. The van der Waals surface area contributed by atoms with Crippen molar-refractivity contribution in [2.75, 3.05) is 0 Å². The number of halogens is 1. The number of phenols is 1. The molecule has 0 unspecified atom stereocenters. The Morgan fingerprint density at radius 1 is 1.07 bits per heavy atom. The van der Waals surface area contributed by atoms with Crippen molar-refractivity contribution in [1.82, 2.24) is 0 Å². The Morgan fingerprint density at radius 2 is 1.75 bits per heavy atom. The summed E-state index contributed by atoms with van der Waals surface area (Å²) in [5.41, 5.74) is 10.3. The summed E-state index contributed by atoms with van der Waals surface area (Å²) >= 11 is 0. The fourth-order valence-corrected chi connectivity index (χ4v) is 3.45. The molecule has 0 aliphatic rings. The van der Waals surface area contributed by atoms with Crippen molar-refractivity contribution < 1.29 is 14.7 Å². The van der Waals surface area contributed by atoms with E-state index in [-0.39, 0.29) is 17.4 Å². The first kappa shape index (κ1) is 19.4. The molecule has 0 aliphatic heterocycles. The number of oxime groups is 1. The second kappa shape index (κ2) is 8.13. The fraction of sp³-hybridized carbons (Fsp3) is 0.174. The van der Waals surface area contributed by atoms with Gasteiger partial charge in [-0.2, -0.15) is 0 Å². The first-order valence-corrected chi connectivity index (χ1v) is 9.16.